The summed E-state index contributed by atoms with van der Waals surface area (Å²) in [6.45, 7) is 2.08. The lowest BCUT2D eigenvalue weighted by Crippen LogP contribution is -2.36. The third kappa shape index (κ3) is 3.47. The number of aromatic nitrogens is 3. The van der Waals surface area contributed by atoms with Crippen molar-refractivity contribution in [3.05, 3.63) is 41.9 Å². The molecule has 0 bridgehead atoms. The number of amides is 3. The maximum Gasteiger partial charge on any atom is 0.271 e. The Kier molecular flexibility index (Phi) is 4.38. The van der Waals surface area contributed by atoms with Gasteiger partial charge in [-0.05, 0) is 30.7 Å². The van der Waals surface area contributed by atoms with E-state index in [0.717, 1.165) is 10.9 Å². The van der Waals surface area contributed by atoms with Gasteiger partial charge in [-0.2, -0.15) is 0 Å². The molecule has 0 radical (unpaired) electrons. The number of benzene rings is 1. The number of aromatic hydroxyl groups is 1. The van der Waals surface area contributed by atoms with Crippen LogP contribution >= 0.6 is 0 Å². The first-order chi connectivity index (χ1) is 13.8. The Morgan fingerprint density at radius 3 is 2.93 bits per heavy atom. The van der Waals surface area contributed by atoms with Gasteiger partial charge in [0.05, 0.1) is 17.8 Å². The van der Waals surface area contributed by atoms with Crippen molar-refractivity contribution >= 4 is 40.3 Å². The van der Waals surface area contributed by atoms with Crippen molar-refractivity contribution in [3.8, 4) is 5.75 Å². The molecule has 2 aromatic heterocycles. The van der Waals surface area contributed by atoms with E-state index < -0.39 is 11.8 Å². The number of aryl methyl sites for hydroxylation is 1. The van der Waals surface area contributed by atoms with Crippen LogP contribution in [-0.4, -0.2) is 37.4 Å². The number of fused-ring (bicyclic) bond motifs is 2. The van der Waals surface area contributed by atoms with Crippen molar-refractivity contribution in [2.24, 2.45) is 11.7 Å². The van der Waals surface area contributed by atoms with Crippen molar-refractivity contribution in [1.29, 1.82) is 0 Å². The molecule has 1 unspecified atom stereocenters. The highest BCUT2D eigenvalue weighted by Crippen LogP contribution is 2.26. The van der Waals surface area contributed by atoms with Crippen LogP contribution in [0.1, 0.15) is 22.5 Å². The number of nitrogens with two attached hydrogens (primary N) is 1. The molecule has 3 aromatic rings. The van der Waals surface area contributed by atoms with Crippen LogP contribution in [0, 0.1) is 12.8 Å². The molecular weight excluding hydrogens is 376 g/mol. The van der Waals surface area contributed by atoms with E-state index >= 15 is 0 Å². The zero-order valence-corrected chi connectivity index (χ0v) is 15.5. The van der Waals surface area contributed by atoms with Gasteiger partial charge in [-0.15, -0.1) is 0 Å². The highest BCUT2D eigenvalue weighted by Gasteiger charge is 2.31. The summed E-state index contributed by atoms with van der Waals surface area (Å²) in [4.78, 5) is 44.4. The van der Waals surface area contributed by atoms with Gasteiger partial charge in [-0.1, -0.05) is 0 Å². The van der Waals surface area contributed by atoms with Gasteiger partial charge in [0.15, 0.2) is 5.69 Å². The second-order valence-corrected chi connectivity index (χ2v) is 6.92. The molecule has 1 atom stereocenters. The summed E-state index contributed by atoms with van der Waals surface area (Å²) in [6, 6.07) is 6.58. The molecule has 29 heavy (non-hydrogen) atoms. The van der Waals surface area contributed by atoms with E-state index in [2.05, 4.69) is 20.6 Å². The Bertz CT molecular complexity index is 1170. The van der Waals surface area contributed by atoms with E-state index in [-0.39, 0.29) is 42.0 Å². The van der Waals surface area contributed by atoms with Crippen LogP contribution in [0.4, 0.5) is 11.6 Å². The molecule has 5 N–H and O–H groups in total. The molecule has 1 aromatic carbocycles. The van der Waals surface area contributed by atoms with E-state index in [1.165, 1.54) is 12.4 Å². The van der Waals surface area contributed by atoms with E-state index in [4.69, 9.17) is 5.73 Å². The summed E-state index contributed by atoms with van der Waals surface area (Å²) in [5, 5.41) is 15.8. The summed E-state index contributed by atoms with van der Waals surface area (Å²) >= 11 is 0. The van der Waals surface area contributed by atoms with E-state index in [9.17, 15) is 19.5 Å². The van der Waals surface area contributed by atoms with Gasteiger partial charge in [0.1, 0.15) is 17.4 Å². The number of anilines is 2. The summed E-state index contributed by atoms with van der Waals surface area (Å²) in [5.41, 5.74) is 6.67. The number of carbonyl (C=O) groups is 3. The minimum atomic E-state index is -0.737. The highest BCUT2D eigenvalue weighted by atomic mass is 16.3. The smallest absolute Gasteiger partial charge is 0.271 e. The van der Waals surface area contributed by atoms with Crippen molar-refractivity contribution < 1.29 is 19.5 Å². The lowest BCUT2D eigenvalue weighted by atomic mass is 10.0. The minimum absolute atomic E-state index is 0.0136. The average Bonchev–Trinajstić information content (AvgIpc) is 3.04. The monoisotopic (exact) mass is 394 g/mol. The third-order valence-corrected chi connectivity index (χ3v) is 4.80. The third-order valence-electron chi connectivity index (χ3n) is 4.80. The highest BCUT2D eigenvalue weighted by molar-refractivity contribution is 6.03. The minimum Gasteiger partial charge on any atom is -0.508 e. The second kappa shape index (κ2) is 6.89. The van der Waals surface area contributed by atoms with Crippen molar-refractivity contribution in [1.82, 2.24) is 14.5 Å². The summed E-state index contributed by atoms with van der Waals surface area (Å²) in [6.07, 6.45) is 1.33. The van der Waals surface area contributed by atoms with Crippen LogP contribution in [0.2, 0.25) is 0 Å². The molecular formula is C19H18N6O4. The van der Waals surface area contributed by atoms with Crippen LogP contribution in [0.25, 0.3) is 10.9 Å². The fourth-order valence-electron chi connectivity index (χ4n) is 3.40. The van der Waals surface area contributed by atoms with E-state index in [1.54, 1.807) is 22.8 Å². The molecule has 3 heterocycles. The molecule has 0 spiro atoms. The van der Waals surface area contributed by atoms with Crippen molar-refractivity contribution in [2.45, 2.75) is 19.9 Å². The fraction of sp³-hybridized carbons (Fsp3) is 0.211. The van der Waals surface area contributed by atoms with E-state index in [0.29, 0.717) is 11.3 Å². The molecule has 10 heteroatoms. The number of pyridine rings is 1. The van der Waals surface area contributed by atoms with Crippen molar-refractivity contribution in [3.63, 3.8) is 0 Å². The summed E-state index contributed by atoms with van der Waals surface area (Å²) in [7, 11) is 0. The fourth-order valence-corrected chi connectivity index (χ4v) is 3.40. The van der Waals surface area contributed by atoms with Crippen LogP contribution in [-0.2, 0) is 16.1 Å². The Labute approximate surface area is 164 Å². The van der Waals surface area contributed by atoms with Gasteiger partial charge in [-0.25, -0.2) is 9.97 Å². The van der Waals surface area contributed by atoms with Gasteiger partial charge in [0.2, 0.25) is 11.8 Å². The molecule has 0 saturated heterocycles. The molecule has 4 rings (SSSR count). The lowest BCUT2D eigenvalue weighted by molar-refractivity contribution is -0.125. The molecule has 10 nitrogen and oxygen atoms in total. The Morgan fingerprint density at radius 2 is 2.17 bits per heavy atom. The molecule has 148 valence electrons. The van der Waals surface area contributed by atoms with Crippen LogP contribution in [0.3, 0.4) is 0 Å². The first kappa shape index (κ1) is 18.4. The second-order valence-electron chi connectivity index (χ2n) is 6.92. The zero-order valence-electron chi connectivity index (χ0n) is 15.5. The van der Waals surface area contributed by atoms with Gasteiger partial charge in [0, 0.05) is 24.4 Å². The van der Waals surface area contributed by atoms with Gasteiger partial charge in [-0.3, -0.25) is 14.4 Å². The van der Waals surface area contributed by atoms with Crippen molar-refractivity contribution in [2.75, 3.05) is 10.6 Å². The van der Waals surface area contributed by atoms with Gasteiger partial charge >= 0.3 is 0 Å². The zero-order chi connectivity index (χ0) is 20.7. The molecule has 3 amide bonds. The number of imidazole rings is 1. The number of primary amides is 1. The SMILES string of the molecule is Cc1cc(NC(=O)CC2Cn3cnc(C(N)=O)c3NC2=O)nc2cc(O)ccc12. The number of nitrogens with zero attached hydrogens (tertiary/aromatic N) is 3. The van der Waals surface area contributed by atoms with Crippen LogP contribution in [0.15, 0.2) is 30.6 Å². The molecule has 0 aliphatic carbocycles. The number of rotatable bonds is 4. The number of hydrogen-bond acceptors (Lipinski definition) is 6. The number of hydrogen-bond donors (Lipinski definition) is 4. The molecule has 0 fully saturated rings. The lowest BCUT2D eigenvalue weighted by Gasteiger charge is -2.24. The van der Waals surface area contributed by atoms with Crippen LogP contribution < -0.4 is 16.4 Å². The standard InChI is InChI=1S/C19H18N6O4/c1-9-4-14(22-13-6-11(26)2-3-12(9)13)23-15(27)5-10-7-25-8-21-16(17(20)28)18(25)24-19(10)29/h2-4,6,8,10,26H,5,7H2,1H3,(H2,20,28)(H,24,29)(H,22,23,27). The Hall–Kier alpha value is -3.95. The molecule has 0 saturated carbocycles. The van der Waals surface area contributed by atoms with E-state index in [1.807, 2.05) is 6.92 Å². The van der Waals surface area contributed by atoms with Crippen LogP contribution in [0.5, 0.6) is 5.75 Å². The number of nitrogens with one attached hydrogen (secondary N) is 2. The van der Waals surface area contributed by atoms with Gasteiger partial charge in [0.25, 0.3) is 5.91 Å². The maximum atomic E-state index is 12.5. The topological polar surface area (TPSA) is 152 Å². The quantitative estimate of drug-likeness (QED) is 0.521. The Morgan fingerprint density at radius 1 is 1.38 bits per heavy atom. The predicted octanol–water partition coefficient (Wildman–Crippen LogP) is 1.14. The summed E-state index contributed by atoms with van der Waals surface area (Å²) < 4.78 is 1.58. The van der Waals surface area contributed by atoms with Gasteiger partial charge < -0.3 is 26.0 Å². The number of phenols is 1. The average molecular weight is 394 g/mol. The normalized spacial score (nSPS) is 15.6. The predicted molar refractivity (Wildman–Crippen MR) is 104 cm³/mol. The number of phenolic OH excluding ortho intramolecular Hbond substituents is 1. The molecule has 1 aliphatic heterocycles. The first-order valence-electron chi connectivity index (χ1n) is 8.88. The largest absolute Gasteiger partial charge is 0.508 e. The maximum absolute atomic E-state index is 12.5. The number of carbonyl (C=O) groups excluding carboxylic acids is 3. The summed E-state index contributed by atoms with van der Waals surface area (Å²) in [5.74, 6) is -1.48. The Balaban J connectivity index is 1.49. The first-order valence-corrected chi connectivity index (χ1v) is 8.88. The molecule has 1 aliphatic rings.